The largest absolute Gasteiger partial charge is 0.234 e. The molecule has 0 aromatic carbocycles. The zero-order valence-electron chi connectivity index (χ0n) is 8.86. The van der Waals surface area contributed by atoms with E-state index in [0.29, 0.717) is 5.92 Å². The molecule has 0 aliphatic rings. The smallest absolute Gasteiger partial charge is 0.155 e. The molecule has 0 unspecified atom stereocenters. The first-order valence-electron chi connectivity index (χ1n) is 4.97. The summed E-state index contributed by atoms with van der Waals surface area (Å²) >= 11 is 0. The van der Waals surface area contributed by atoms with Gasteiger partial charge in [-0.05, 0) is 25.3 Å². The molecule has 0 atom stereocenters. The van der Waals surface area contributed by atoms with Gasteiger partial charge in [0.2, 0.25) is 0 Å². The summed E-state index contributed by atoms with van der Waals surface area (Å²) in [5, 5.41) is 4.19. The van der Waals surface area contributed by atoms with Gasteiger partial charge in [-0.15, -0.1) is 0 Å². The van der Waals surface area contributed by atoms with E-state index in [2.05, 4.69) is 36.9 Å². The quantitative estimate of drug-likeness (QED) is 0.725. The molecule has 0 saturated heterocycles. The molecule has 2 aromatic rings. The third-order valence-corrected chi connectivity index (χ3v) is 2.21. The van der Waals surface area contributed by atoms with E-state index in [1.54, 1.807) is 6.20 Å². The molecule has 2 heterocycles. The third kappa shape index (κ3) is 1.62. The van der Waals surface area contributed by atoms with Crippen LogP contribution in [0.2, 0.25) is 0 Å². The molecule has 0 N–H and O–H groups in total. The van der Waals surface area contributed by atoms with Crippen molar-refractivity contribution in [2.75, 3.05) is 0 Å². The lowest BCUT2D eigenvalue weighted by Crippen LogP contribution is -2.02. The normalized spacial score (nSPS) is 11.4. The van der Waals surface area contributed by atoms with Crippen LogP contribution in [-0.2, 0) is 6.42 Å². The van der Waals surface area contributed by atoms with Gasteiger partial charge >= 0.3 is 0 Å². The Morgan fingerprint density at radius 3 is 2.93 bits per heavy atom. The maximum absolute atomic E-state index is 4.54. The summed E-state index contributed by atoms with van der Waals surface area (Å²) in [6.45, 7) is 6.47. The first-order chi connectivity index (χ1) is 6.66. The second kappa shape index (κ2) is 3.40. The Labute approximate surface area is 83.8 Å². The summed E-state index contributed by atoms with van der Waals surface area (Å²) in [5.74, 6) is 0.646. The number of fused-ring (bicyclic) bond motifs is 1. The molecule has 14 heavy (non-hydrogen) atoms. The Kier molecular flexibility index (Phi) is 2.23. The monoisotopic (exact) mass is 189 g/mol. The van der Waals surface area contributed by atoms with Crippen molar-refractivity contribution in [1.29, 1.82) is 0 Å². The van der Waals surface area contributed by atoms with Crippen molar-refractivity contribution in [2.24, 2.45) is 5.92 Å². The van der Waals surface area contributed by atoms with E-state index in [0.717, 1.165) is 23.5 Å². The van der Waals surface area contributed by atoms with Crippen molar-refractivity contribution in [3.05, 3.63) is 29.7 Å². The van der Waals surface area contributed by atoms with Crippen LogP contribution in [0.5, 0.6) is 0 Å². The number of rotatable bonds is 2. The Bertz CT molecular complexity index is 443. The molecule has 0 amide bonds. The Hall–Kier alpha value is -1.38. The van der Waals surface area contributed by atoms with Gasteiger partial charge in [-0.1, -0.05) is 13.8 Å². The Morgan fingerprint density at radius 2 is 2.21 bits per heavy atom. The summed E-state index contributed by atoms with van der Waals surface area (Å²) in [6.07, 6.45) is 2.82. The SMILES string of the molecule is Cc1cc(CC(C)C)nc2ccnn12. The van der Waals surface area contributed by atoms with Crippen LogP contribution < -0.4 is 0 Å². The van der Waals surface area contributed by atoms with Crippen molar-refractivity contribution in [3.63, 3.8) is 0 Å². The zero-order chi connectivity index (χ0) is 10.1. The van der Waals surface area contributed by atoms with Crippen LogP contribution in [0.15, 0.2) is 18.3 Å². The van der Waals surface area contributed by atoms with Crippen molar-refractivity contribution in [2.45, 2.75) is 27.2 Å². The Morgan fingerprint density at radius 1 is 1.43 bits per heavy atom. The minimum atomic E-state index is 0.646. The van der Waals surface area contributed by atoms with E-state index >= 15 is 0 Å². The van der Waals surface area contributed by atoms with Crippen LogP contribution in [-0.4, -0.2) is 14.6 Å². The average Bonchev–Trinajstić information content (AvgIpc) is 2.50. The molecule has 74 valence electrons. The maximum atomic E-state index is 4.54. The Balaban J connectivity index is 2.47. The first-order valence-corrected chi connectivity index (χ1v) is 4.97. The van der Waals surface area contributed by atoms with Crippen LogP contribution in [0.3, 0.4) is 0 Å². The molecule has 2 rings (SSSR count). The zero-order valence-corrected chi connectivity index (χ0v) is 8.86. The lowest BCUT2D eigenvalue weighted by molar-refractivity contribution is 0.633. The third-order valence-electron chi connectivity index (χ3n) is 2.21. The van der Waals surface area contributed by atoms with Gasteiger partial charge < -0.3 is 0 Å². The summed E-state index contributed by atoms with van der Waals surface area (Å²) < 4.78 is 1.86. The predicted octanol–water partition coefficient (Wildman–Crippen LogP) is 2.24. The molecular formula is C11H15N3. The van der Waals surface area contributed by atoms with Crippen LogP contribution in [0.4, 0.5) is 0 Å². The minimum Gasteiger partial charge on any atom is -0.234 e. The highest BCUT2D eigenvalue weighted by Gasteiger charge is 2.04. The van der Waals surface area contributed by atoms with Gasteiger partial charge in [-0.3, -0.25) is 0 Å². The number of nitrogens with zero attached hydrogens (tertiary/aromatic N) is 3. The van der Waals surface area contributed by atoms with Crippen molar-refractivity contribution in [1.82, 2.24) is 14.6 Å². The number of aromatic nitrogens is 3. The van der Waals surface area contributed by atoms with E-state index < -0.39 is 0 Å². The van der Waals surface area contributed by atoms with Crippen LogP contribution in [0, 0.1) is 12.8 Å². The van der Waals surface area contributed by atoms with Gasteiger partial charge in [0.15, 0.2) is 5.65 Å². The number of aryl methyl sites for hydroxylation is 1. The fourth-order valence-corrected chi connectivity index (χ4v) is 1.66. The average molecular weight is 189 g/mol. The van der Waals surface area contributed by atoms with Crippen molar-refractivity contribution < 1.29 is 0 Å². The summed E-state index contributed by atoms with van der Waals surface area (Å²) in [7, 11) is 0. The van der Waals surface area contributed by atoms with Crippen LogP contribution >= 0.6 is 0 Å². The lowest BCUT2D eigenvalue weighted by atomic mass is 10.1. The van der Waals surface area contributed by atoms with Gasteiger partial charge in [-0.25, -0.2) is 9.50 Å². The van der Waals surface area contributed by atoms with Gasteiger partial charge in [0.1, 0.15) is 0 Å². The van der Waals surface area contributed by atoms with E-state index in [9.17, 15) is 0 Å². The number of hydrogen-bond acceptors (Lipinski definition) is 2. The second-order valence-corrected chi connectivity index (χ2v) is 4.09. The first kappa shape index (κ1) is 9.19. The van der Waals surface area contributed by atoms with Crippen LogP contribution in [0.1, 0.15) is 25.2 Å². The molecule has 0 fully saturated rings. The van der Waals surface area contributed by atoms with E-state index in [1.165, 1.54) is 0 Å². The van der Waals surface area contributed by atoms with Crippen molar-refractivity contribution in [3.8, 4) is 0 Å². The molecule has 0 spiro atoms. The highest BCUT2D eigenvalue weighted by molar-refractivity contribution is 5.38. The lowest BCUT2D eigenvalue weighted by Gasteiger charge is -2.06. The van der Waals surface area contributed by atoms with Gasteiger partial charge in [0.25, 0.3) is 0 Å². The van der Waals surface area contributed by atoms with E-state index in [-0.39, 0.29) is 0 Å². The minimum absolute atomic E-state index is 0.646. The summed E-state index contributed by atoms with van der Waals surface area (Å²) in [4.78, 5) is 4.54. The van der Waals surface area contributed by atoms with E-state index in [1.807, 2.05) is 10.6 Å². The van der Waals surface area contributed by atoms with Gasteiger partial charge in [-0.2, -0.15) is 5.10 Å². The molecule has 0 aliphatic heterocycles. The molecule has 3 heteroatoms. The second-order valence-electron chi connectivity index (χ2n) is 4.09. The van der Waals surface area contributed by atoms with E-state index in [4.69, 9.17) is 0 Å². The van der Waals surface area contributed by atoms with Gasteiger partial charge in [0.05, 0.1) is 6.20 Å². The highest BCUT2D eigenvalue weighted by Crippen LogP contribution is 2.10. The predicted molar refractivity (Wildman–Crippen MR) is 56.3 cm³/mol. The topological polar surface area (TPSA) is 30.2 Å². The molecule has 3 nitrogen and oxygen atoms in total. The number of hydrogen-bond donors (Lipinski definition) is 0. The fourth-order valence-electron chi connectivity index (χ4n) is 1.66. The molecule has 0 saturated carbocycles. The standard InChI is InChI=1S/C11H15N3/c1-8(2)6-10-7-9(3)14-11(13-10)4-5-12-14/h4-5,7-8H,6H2,1-3H3. The summed E-state index contributed by atoms with van der Waals surface area (Å²) in [6, 6.07) is 4.05. The summed E-state index contributed by atoms with van der Waals surface area (Å²) in [5.41, 5.74) is 3.25. The highest BCUT2D eigenvalue weighted by atomic mass is 15.2. The molecule has 0 bridgehead atoms. The molecule has 0 aliphatic carbocycles. The van der Waals surface area contributed by atoms with Crippen molar-refractivity contribution >= 4 is 5.65 Å². The fraction of sp³-hybridized carbons (Fsp3) is 0.455. The molecule has 0 radical (unpaired) electrons. The molecular weight excluding hydrogens is 174 g/mol. The molecule has 2 aromatic heterocycles. The van der Waals surface area contributed by atoms with Gasteiger partial charge in [0, 0.05) is 17.5 Å². The van der Waals surface area contributed by atoms with Crippen LogP contribution in [0.25, 0.3) is 5.65 Å². The maximum Gasteiger partial charge on any atom is 0.155 e.